The largest absolute Gasteiger partial charge is 0.356 e. The minimum absolute atomic E-state index is 0.00426. The molecule has 5 nitrogen and oxygen atoms in total. The number of aliphatic imine (C=N–C) groups is 1. The Morgan fingerprint density at radius 3 is 2.33 bits per heavy atom. The Bertz CT molecular complexity index is 544. The number of benzene rings is 1. The molecule has 5 heteroatoms. The topological polar surface area (TPSA) is 56.7 Å². The minimum Gasteiger partial charge on any atom is -0.356 e. The van der Waals surface area contributed by atoms with Crippen LogP contribution >= 0.6 is 0 Å². The predicted molar refractivity (Wildman–Crippen MR) is 101 cm³/mol. The molecule has 0 spiro atoms. The summed E-state index contributed by atoms with van der Waals surface area (Å²) >= 11 is 0. The third kappa shape index (κ3) is 7.02. The molecule has 1 aromatic rings. The molecule has 24 heavy (non-hydrogen) atoms. The van der Waals surface area contributed by atoms with Crippen LogP contribution < -0.4 is 10.6 Å². The molecule has 1 rings (SSSR count). The van der Waals surface area contributed by atoms with Crippen molar-refractivity contribution in [3.63, 3.8) is 0 Å². The van der Waals surface area contributed by atoms with E-state index in [0.717, 1.165) is 19.5 Å². The molecule has 0 saturated carbocycles. The van der Waals surface area contributed by atoms with Gasteiger partial charge in [-0.1, -0.05) is 32.0 Å². The molecule has 0 radical (unpaired) electrons. The summed E-state index contributed by atoms with van der Waals surface area (Å²) in [6.07, 6.45) is 0.933. The second-order valence-electron chi connectivity index (χ2n) is 6.77. The van der Waals surface area contributed by atoms with Crippen molar-refractivity contribution in [2.75, 3.05) is 33.7 Å². The lowest BCUT2D eigenvalue weighted by molar-refractivity contribution is -0.127. The van der Waals surface area contributed by atoms with Gasteiger partial charge in [0.1, 0.15) is 6.54 Å². The van der Waals surface area contributed by atoms with Crippen LogP contribution in [0.2, 0.25) is 0 Å². The molecule has 0 saturated heterocycles. The van der Waals surface area contributed by atoms with Gasteiger partial charge in [-0.05, 0) is 42.9 Å². The first-order valence-corrected chi connectivity index (χ1v) is 8.58. The van der Waals surface area contributed by atoms with Crippen LogP contribution in [0.4, 0.5) is 0 Å². The van der Waals surface area contributed by atoms with Crippen molar-refractivity contribution < 1.29 is 4.79 Å². The Hall–Kier alpha value is -2.04. The highest BCUT2D eigenvalue weighted by atomic mass is 16.2. The van der Waals surface area contributed by atoms with Gasteiger partial charge in [-0.3, -0.25) is 4.79 Å². The number of aryl methyl sites for hydroxylation is 2. The van der Waals surface area contributed by atoms with Crippen molar-refractivity contribution in [1.29, 1.82) is 0 Å². The zero-order valence-electron chi connectivity index (χ0n) is 15.9. The first-order chi connectivity index (χ1) is 11.3. The van der Waals surface area contributed by atoms with Gasteiger partial charge in [0.05, 0.1) is 0 Å². The smallest absolute Gasteiger partial charge is 0.243 e. The van der Waals surface area contributed by atoms with E-state index >= 15 is 0 Å². The van der Waals surface area contributed by atoms with E-state index in [1.165, 1.54) is 16.7 Å². The molecule has 0 fully saturated rings. The van der Waals surface area contributed by atoms with Crippen molar-refractivity contribution in [2.45, 2.75) is 34.1 Å². The van der Waals surface area contributed by atoms with Gasteiger partial charge < -0.3 is 15.5 Å². The van der Waals surface area contributed by atoms with Gasteiger partial charge in [0.15, 0.2) is 5.96 Å². The van der Waals surface area contributed by atoms with Gasteiger partial charge >= 0.3 is 0 Å². The Morgan fingerprint density at radius 2 is 1.79 bits per heavy atom. The van der Waals surface area contributed by atoms with Crippen molar-refractivity contribution in [2.24, 2.45) is 10.9 Å². The van der Waals surface area contributed by atoms with Crippen LogP contribution in [-0.2, 0) is 11.2 Å². The lowest BCUT2D eigenvalue weighted by Gasteiger charge is -2.16. The number of hydrogen-bond donors (Lipinski definition) is 2. The van der Waals surface area contributed by atoms with E-state index in [1.54, 1.807) is 19.0 Å². The number of hydrogen-bond acceptors (Lipinski definition) is 2. The average molecular weight is 332 g/mol. The van der Waals surface area contributed by atoms with Crippen LogP contribution in [0.5, 0.6) is 0 Å². The summed E-state index contributed by atoms with van der Waals surface area (Å²) in [5.41, 5.74) is 4.00. The summed E-state index contributed by atoms with van der Waals surface area (Å²) in [6.45, 7) is 10.3. The number of rotatable bonds is 7. The summed E-state index contributed by atoms with van der Waals surface area (Å²) in [5.74, 6) is 1.21. The molecule has 0 unspecified atom stereocenters. The number of guanidine groups is 1. The summed E-state index contributed by atoms with van der Waals surface area (Å²) in [5, 5.41) is 6.64. The number of nitrogens with one attached hydrogen (secondary N) is 2. The normalized spacial score (nSPS) is 11.5. The second kappa shape index (κ2) is 9.96. The minimum atomic E-state index is -0.00426. The lowest BCUT2D eigenvalue weighted by Crippen LogP contribution is -2.41. The fraction of sp³-hybridized carbons (Fsp3) is 0.579. The Morgan fingerprint density at radius 1 is 1.17 bits per heavy atom. The van der Waals surface area contributed by atoms with E-state index in [2.05, 4.69) is 61.5 Å². The van der Waals surface area contributed by atoms with Gasteiger partial charge in [0, 0.05) is 27.2 Å². The van der Waals surface area contributed by atoms with Gasteiger partial charge in [-0.25, -0.2) is 4.99 Å². The molecule has 0 heterocycles. The average Bonchev–Trinajstić information content (AvgIpc) is 2.51. The molecule has 0 aliphatic heterocycles. The number of likely N-dealkylation sites (N-methyl/N-ethyl adjacent to an activating group) is 1. The maximum absolute atomic E-state index is 11.7. The Kier molecular flexibility index (Phi) is 8.30. The van der Waals surface area contributed by atoms with E-state index in [9.17, 15) is 4.79 Å². The SMILES string of the molecule is Cc1cccc(C)c1CCNC(=NCC(=O)N(C)C)NCC(C)C. The standard InChI is InChI=1S/C19H32N4O/c1-14(2)12-21-19(22-13-18(24)23(5)6)20-11-10-17-15(3)8-7-9-16(17)4/h7-9,14H,10-13H2,1-6H3,(H2,20,21,22). The second-order valence-corrected chi connectivity index (χ2v) is 6.77. The van der Waals surface area contributed by atoms with Crippen molar-refractivity contribution >= 4 is 11.9 Å². The van der Waals surface area contributed by atoms with Gasteiger partial charge in [-0.15, -0.1) is 0 Å². The zero-order valence-corrected chi connectivity index (χ0v) is 15.9. The Labute approximate surface area is 146 Å². The van der Waals surface area contributed by atoms with Gasteiger partial charge in [0.25, 0.3) is 0 Å². The first kappa shape index (κ1) is 20.0. The van der Waals surface area contributed by atoms with E-state index < -0.39 is 0 Å². The van der Waals surface area contributed by atoms with E-state index in [1.807, 2.05) is 0 Å². The third-order valence-corrected chi connectivity index (χ3v) is 3.86. The Balaban J connectivity index is 2.64. The quantitative estimate of drug-likeness (QED) is 0.594. The van der Waals surface area contributed by atoms with Gasteiger partial charge in [0.2, 0.25) is 5.91 Å². The van der Waals surface area contributed by atoms with Crippen LogP contribution in [0, 0.1) is 19.8 Å². The zero-order chi connectivity index (χ0) is 18.1. The monoisotopic (exact) mass is 332 g/mol. The molecule has 0 aliphatic rings. The van der Waals surface area contributed by atoms with Gasteiger partial charge in [-0.2, -0.15) is 0 Å². The summed E-state index contributed by atoms with van der Waals surface area (Å²) < 4.78 is 0. The maximum Gasteiger partial charge on any atom is 0.243 e. The molecular formula is C19H32N4O. The highest BCUT2D eigenvalue weighted by Crippen LogP contribution is 2.13. The molecule has 1 aromatic carbocycles. The molecule has 2 N–H and O–H groups in total. The molecule has 0 bridgehead atoms. The highest BCUT2D eigenvalue weighted by Gasteiger charge is 2.06. The lowest BCUT2D eigenvalue weighted by atomic mass is 10.0. The molecule has 0 atom stereocenters. The number of amides is 1. The van der Waals surface area contributed by atoms with Crippen molar-refractivity contribution in [3.8, 4) is 0 Å². The fourth-order valence-electron chi connectivity index (χ4n) is 2.31. The molecule has 0 aromatic heterocycles. The number of carbonyl (C=O) groups excluding carboxylic acids is 1. The van der Waals surface area contributed by atoms with Crippen LogP contribution in [0.15, 0.2) is 23.2 Å². The third-order valence-electron chi connectivity index (χ3n) is 3.86. The van der Waals surface area contributed by atoms with Crippen LogP contribution in [0.3, 0.4) is 0 Å². The van der Waals surface area contributed by atoms with Crippen molar-refractivity contribution in [3.05, 3.63) is 34.9 Å². The molecular weight excluding hydrogens is 300 g/mol. The number of carbonyl (C=O) groups is 1. The number of nitrogens with zero attached hydrogens (tertiary/aromatic N) is 2. The van der Waals surface area contributed by atoms with Crippen LogP contribution in [0.1, 0.15) is 30.5 Å². The maximum atomic E-state index is 11.7. The molecule has 0 aliphatic carbocycles. The first-order valence-electron chi connectivity index (χ1n) is 8.58. The summed E-state index contributed by atoms with van der Waals surface area (Å²) in [7, 11) is 3.49. The van der Waals surface area contributed by atoms with Crippen LogP contribution in [-0.4, -0.2) is 50.5 Å². The van der Waals surface area contributed by atoms with Crippen LogP contribution in [0.25, 0.3) is 0 Å². The summed E-state index contributed by atoms with van der Waals surface area (Å²) in [6, 6.07) is 6.37. The van der Waals surface area contributed by atoms with Crippen molar-refractivity contribution in [1.82, 2.24) is 15.5 Å². The van der Waals surface area contributed by atoms with E-state index in [0.29, 0.717) is 11.9 Å². The van der Waals surface area contributed by atoms with E-state index in [-0.39, 0.29) is 12.5 Å². The fourth-order valence-corrected chi connectivity index (χ4v) is 2.31. The summed E-state index contributed by atoms with van der Waals surface area (Å²) in [4.78, 5) is 17.7. The predicted octanol–water partition coefficient (Wildman–Crippen LogP) is 2.13. The molecule has 1 amide bonds. The highest BCUT2D eigenvalue weighted by molar-refractivity contribution is 5.84. The van der Waals surface area contributed by atoms with E-state index in [4.69, 9.17) is 0 Å². The molecule has 134 valence electrons.